The first kappa shape index (κ1) is 17.0. The second-order valence-electron chi connectivity index (χ2n) is 2.64. The van der Waals surface area contributed by atoms with E-state index in [2.05, 4.69) is 24.6 Å². The molecule has 0 aliphatic rings. The molecule has 0 aliphatic carbocycles. The van der Waals surface area contributed by atoms with Crippen LogP contribution in [0.4, 0.5) is 0 Å². The van der Waals surface area contributed by atoms with Gasteiger partial charge in [-0.1, -0.05) is 46.4 Å². The van der Waals surface area contributed by atoms with Gasteiger partial charge < -0.3 is 0 Å². The van der Waals surface area contributed by atoms with E-state index in [4.69, 9.17) is 0 Å². The summed E-state index contributed by atoms with van der Waals surface area (Å²) in [6.45, 7) is 15.8. The minimum absolute atomic E-state index is 1.16. The fourth-order valence-electron chi connectivity index (χ4n) is 1.11. The van der Waals surface area contributed by atoms with Crippen molar-refractivity contribution in [3.63, 3.8) is 0 Å². The van der Waals surface area contributed by atoms with E-state index < -0.39 is 0 Å². The molecule has 0 aromatic carbocycles. The van der Waals surface area contributed by atoms with Crippen LogP contribution in [0, 0.1) is 0 Å². The Balaban J connectivity index is 0. The van der Waals surface area contributed by atoms with Crippen molar-refractivity contribution in [2.24, 2.45) is 0 Å². The fourth-order valence-corrected chi connectivity index (χ4v) is 1.11. The highest BCUT2D eigenvalue weighted by Gasteiger charge is 1.86. The molecule has 1 heteroatoms. The van der Waals surface area contributed by atoms with E-state index in [1.165, 1.54) is 10.8 Å². The predicted octanol–water partition coefficient (Wildman–Crippen LogP) is 3.29. The van der Waals surface area contributed by atoms with Crippen molar-refractivity contribution in [1.82, 2.24) is 4.98 Å². The molecule has 0 aliphatic heterocycles. The lowest BCUT2D eigenvalue weighted by Crippen LogP contribution is -2.25. The van der Waals surface area contributed by atoms with Crippen LogP contribution in [0.5, 0.6) is 0 Å². The first-order valence-corrected chi connectivity index (χ1v) is 5.99. The minimum atomic E-state index is 1.16. The Hall–Kier alpha value is -1.37. The molecule has 0 N–H and O–H groups in total. The van der Waals surface area contributed by atoms with Gasteiger partial charge in [0.15, 0.2) is 0 Å². The van der Waals surface area contributed by atoms with Crippen molar-refractivity contribution in [2.45, 2.75) is 41.5 Å². The molecule has 0 bridgehead atoms. The van der Waals surface area contributed by atoms with Gasteiger partial charge in [0, 0.05) is 12.4 Å². The fraction of sp³-hybridized carbons (Fsp3) is 0.400. The summed E-state index contributed by atoms with van der Waals surface area (Å²) in [5.74, 6) is 0. The number of aromatic nitrogens is 1. The summed E-state index contributed by atoms with van der Waals surface area (Å²) in [7, 11) is 0. The van der Waals surface area contributed by atoms with Gasteiger partial charge in [0.2, 0.25) is 0 Å². The first-order valence-electron chi connectivity index (χ1n) is 5.99. The zero-order chi connectivity index (χ0) is 13.0. The Kier molecular flexibility index (Phi) is 12.5. The van der Waals surface area contributed by atoms with E-state index in [1.807, 2.05) is 53.0 Å². The molecule has 1 aromatic heterocycles. The van der Waals surface area contributed by atoms with Gasteiger partial charge >= 0.3 is 0 Å². The van der Waals surface area contributed by atoms with E-state index >= 15 is 0 Å². The van der Waals surface area contributed by atoms with Gasteiger partial charge in [0.05, 0.1) is 0 Å². The van der Waals surface area contributed by atoms with E-state index in [9.17, 15) is 0 Å². The molecule has 1 nitrogen and oxygen atoms in total. The molecule has 0 radical (unpaired) electrons. The van der Waals surface area contributed by atoms with Crippen molar-refractivity contribution >= 4 is 11.6 Å². The first-order chi connectivity index (χ1) is 7.79. The maximum Gasteiger partial charge on any atom is 0.0343 e. The van der Waals surface area contributed by atoms with Gasteiger partial charge in [-0.2, -0.15) is 0 Å². The number of pyridine rings is 1. The largest absolute Gasteiger partial charge is 0.264 e. The van der Waals surface area contributed by atoms with E-state index in [-0.39, 0.29) is 0 Å². The maximum atomic E-state index is 4.05. The molecule has 1 heterocycles. The molecule has 0 unspecified atom stereocenters. The minimum Gasteiger partial charge on any atom is -0.264 e. The molecule has 0 amide bonds. The number of nitrogens with zero attached hydrogens (tertiary/aromatic N) is 1. The normalized spacial score (nSPS) is 11.5. The van der Waals surface area contributed by atoms with Crippen LogP contribution < -0.4 is 10.4 Å². The average Bonchev–Trinajstić information content (AvgIpc) is 2.42. The highest BCUT2D eigenvalue weighted by atomic mass is 14.6. The Bertz CT molecular complexity index is 388. The van der Waals surface area contributed by atoms with Crippen molar-refractivity contribution in [1.29, 1.82) is 0 Å². The highest BCUT2D eigenvalue weighted by molar-refractivity contribution is 5.53. The van der Waals surface area contributed by atoms with Crippen molar-refractivity contribution < 1.29 is 0 Å². The summed E-state index contributed by atoms with van der Waals surface area (Å²) >= 11 is 0. The third-order valence-corrected chi connectivity index (χ3v) is 1.89. The summed E-state index contributed by atoms with van der Waals surface area (Å²) in [6.07, 6.45) is 7.58. The predicted molar refractivity (Wildman–Crippen MR) is 75.6 cm³/mol. The van der Waals surface area contributed by atoms with Gasteiger partial charge in [-0.25, -0.2) is 0 Å². The molecule has 16 heavy (non-hydrogen) atoms. The molecule has 1 rings (SSSR count). The molecular formula is C15H25N. The molecule has 0 fully saturated rings. The van der Waals surface area contributed by atoms with Gasteiger partial charge in [-0.3, -0.25) is 4.98 Å². The van der Waals surface area contributed by atoms with Gasteiger partial charge in [0.1, 0.15) is 0 Å². The topological polar surface area (TPSA) is 12.9 Å². The average molecular weight is 219 g/mol. The van der Waals surface area contributed by atoms with E-state index in [1.54, 1.807) is 6.20 Å². The summed E-state index contributed by atoms with van der Waals surface area (Å²) in [5, 5.41) is 2.37. The zero-order valence-corrected chi connectivity index (χ0v) is 11.5. The van der Waals surface area contributed by atoms with Gasteiger partial charge in [0.25, 0.3) is 0 Å². The van der Waals surface area contributed by atoms with Crippen LogP contribution in [0.3, 0.4) is 0 Å². The van der Waals surface area contributed by atoms with Crippen molar-refractivity contribution in [2.75, 3.05) is 0 Å². The van der Waals surface area contributed by atoms with Crippen LogP contribution in [0.25, 0.3) is 11.6 Å². The van der Waals surface area contributed by atoms with Gasteiger partial charge in [-0.15, -0.1) is 0 Å². The summed E-state index contributed by atoms with van der Waals surface area (Å²) in [4.78, 5) is 4.05. The Morgan fingerprint density at radius 3 is 2.25 bits per heavy atom. The molecule has 0 saturated heterocycles. The Morgan fingerprint density at radius 1 is 1.25 bits per heavy atom. The summed E-state index contributed by atoms with van der Waals surface area (Å²) < 4.78 is 0. The van der Waals surface area contributed by atoms with Crippen LogP contribution in [-0.2, 0) is 0 Å². The number of rotatable bonds is 1. The quantitative estimate of drug-likeness (QED) is 0.706. The SMILES string of the molecule is C=C/C(C)=c1/ccnc/c1=C/C.CC.CC. The monoisotopic (exact) mass is 219 g/mol. The van der Waals surface area contributed by atoms with Crippen LogP contribution in [-0.4, -0.2) is 4.98 Å². The lowest BCUT2D eigenvalue weighted by Gasteiger charge is -1.92. The number of hydrogen-bond donors (Lipinski definition) is 0. The number of hydrogen-bond acceptors (Lipinski definition) is 1. The second kappa shape index (κ2) is 11.7. The lowest BCUT2D eigenvalue weighted by molar-refractivity contribution is 1.26. The Morgan fingerprint density at radius 2 is 1.81 bits per heavy atom. The van der Waals surface area contributed by atoms with Crippen LogP contribution in [0.1, 0.15) is 41.5 Å². The molecule has 0 spiro atoms. The van der Waals surface area contributed by atoms with E-state index in [0.29, 0.717) is 0 Å². The smallest absolute Gasteiger partial charge is 0.0343 e. The second-order valence-corrected chi connectivity index (χ2v) is 2.64. The Labute approximate surface area is 100 Å². The molecule has 90 valence electrons. The number of allylic oxidation sites excluding steroid dienone is 1. The molecule has 0 atom stereocenters. The third-order valence-electron chi connectivity index (χ3n) is 1.89. The van der Waals surface area contributed by atoms with Crippen LogP contribution in [0.15, 0.2) is 31.1 Å². The van der Waals surface area contributed by atoms with Crippen LogP contribution in [0.2, 0.25) is 0 Å². The van der Waals surface area contributed by atoms with Crippen LogP contribution >= 0.6 is 0 Å². The summed E-state index contributed by atoms with van der Waals surface area (Å²) in [6, 6.07) is 2.01. The molecular weight excluding hydrogens is 194 g/mol. The maximum absolute atomic E-state index is 4.05. The lowest BCUT2D eigenvalue weighted by atomic mass is 10.2. The van der Waals surface area contributed by atoms with E-state index in [0.717, 1.165) is 5.22 Å². The summed E-state index contributed by atoms with van der Waals surface area (Å²) in [5.41, 5.74) is 1.19. The highest BCUT2D eigenvalue weighted by Crippen LogP contribution is 1.86. The third kappa shape index (κ3) is 5.50. The van der Waals surface area contributed by atoms with Crippen molar-refractivity contribution in [3.05, 3.63) is 41.6 Å². The molecule has 0 saturated carbocycles. The standard InChI is InChI=1S/C11H13N.2C2H6/c1-4-9(3)11-6-7-12-8-10(11)5-2;2*1-2/h4-8H,1H2,2-3H3;2*1-2H3/b10-5-,11-9-;;. The van der Waals surface area contributed by atoms with Crippen molar-refractivity contribution in [3.8, 4) is 0 Å². The zero-order valence-electron chi connectivity index (χ0n) is 11.5. The molecule has 1 aromatic rings. The van der Waals surface area contributed by atoms with Gasteiger partial charge in [-0.05, 0) is 35.9 Å².